The van der Waals surface area contributed by atoms with Gasteiger partial charge in [-0.3, -0.25) is 4.99 Å². The summed E-state index contributed by atoms with van der Waals surface area (Å²) in [6.45, 7) is 0. The molecule has 38 valence electrons. The molecular weight excluding hydrogens is 108 g/mol. The minimum Gasteiger partial charge on any atom is -0.315 e. The third-order valence-corrected chi connectivity index (χ3v) is 1.33. The molecule has 0 saturated heterocycles. The van der Waals surface area contributed by atoms with Crippen LogP contribution in [0, 0.1) is 0 Å². The Morgan fingerprint density at radius 3 is 2.86 bits per heavy atom. The fraction of sp³-hybridized carbons (Fsp3) is 0.250. The molecule has 0 spiro atoms. The zero-order chi connectivity index (χ0) is 5.11. The maximum absolute atomic E-state index is 5.40. The average Bonchev–Trinajstić information content (AvgIpc) is 1.69. The first-order chi connectivity index (χ1) is 3.39. The van der Waals surface area contributed by atoms with Crippen molar-refractivity contribution in [3.05, 3.63) is 11.6 Å². The van der Waals surface area contributed by atoms with Crippen molar-refractivity contribution in [2.75, 3.05) is 0 Å². The maximum atomic E-state index is 5.40. The van der Waals surface area contributed by atoms with E-state index >= 15 is 0 Å². The van der Waals surface area contributed by atoms with Gasteiger partial charge in [-0.15, -0.1) is 11.8 Å². The fourth-order valence-corrected chi connectivity index (χ4v) is 0.793. The maximum Gasteiger partial charge on any atom is 0.0908 e. The predicted octanol–water partition coefficient (Wildman–Crippen LogP) is 0.560. The van der Waals surface area contributed by atoms with Crippen LogP contribution in [0.15, 0.2) is 16.6 Å². The summed E-state index contributed by atoms with van der Waals surface area (Å²) in [6, 6.07) is 0. The lowest BCUT2D eigenvalue weighted by Gasteiger charge is -2.01. The number of rotatable bonds is 0. The number of nitrogens with two attached hydrogens (primary N) is 1. The van der Waals surface area contributed by atoms with E-state index in [1.165, 1.54) is 0 Å². The van der Waals surface area contributed by atoms with Gasteiger partial charge in [0.15, 0.2) is 0 Å². The van der Waals surface area contributed by atoms with E-state index in [1.807, 2.05) is 5.41 Å². The molecule has 0 radical (unpaired) electrons. The molecule has 2 N–H and O–H groups in total. The molecule has 0 fully saturated rings. The van der Waals surface area contributed by atoms with Crippen LogP contribution < -0.4 is 5.73 Å². The molecule has 0 aliphatic carbocycles. The third kappa shape index (κ3) is 1.33. The molecule has 3 heteroatoms. The summed E-state index contributed by atoms with van der Waals surface area (Å²) in [5.74, 6) is 0. The van der Waals surface area contributed by atoms with Crippen LogP contribution in [0.2, 0.25) is 0 Å². The molecule has 1 aliphatic rings. The molecule has 1 unspecified atom stereocenters. The summed E-state index contributed by atoms with van der Waals surface area (Å²) in [5, 5.41) is 1.95. The van der Waals surface area contributed by atoms with Crippen LogP contribution in [0.5, 0.6) is 0 Å². The van der Waals surface area contributed by atoms with Crippen LogP contribution in [-0.2, 0) is 0 Å². The minimum absolute atomic E-state index is 0.0741. The highest BCUT2D eigenvalue weighted by Crippen LogP contribution is 2.08. The molecule has 0 aromatic heterocycles. The van der Waals surface area contributed by atoms with Crippen LogP contribution >= 0.6 is 11.8 Å². The summed E-state index contributed by atoms with van der Waals surface area (Å²) >= 11 is 1.57. The van der Waals surface area contributed by atoms with Crippen LogP contribution in [0.25, 0.3) is 0 Å². The van der Waals surface area contributed by atoms with Gasteiger partial charge in [-0.05, 0) is 5.41 Å². The van der Waals surface area contributed by atoms with Gasteiger partial charge >= 0.3 is 0 Å². The second kappa shape index (κ2) is 2.14. The van der Waals surface area contributed by atoms with E-state index < -0.39 is 0 Å². The molecule has 0 saturated carbocycles. The van der Waals surface area contributed by atoms with E-state index in [9.17, 15) is 0 Å². The molecule has 0 aromatic carbocycles. The van der Waals surface area contributed by atoms with Crippen molar-refractivity contribution < 1.29 is 0 Å². The van der Waals surface area contributed by atoms with Gasteiger partial charge in [0.05, 0.1) is 5.37 Å². The molecule has 0 bridgehead atoms. The lowest BCUT2D eigenvalue weighted by Crippen LogP contribution is -2.16. The van der Waals surface area contributed by atoms with E-state index in [2.05, 4.69) is 4.99 Å². The topological polar surface area (TPSA) is 38.4 Å². The highest BCUT2D eigenvalue weighted by Gasteiger charge is 1.95. The molecule has 1 atom stereocenters. The lowest BCUT2D eigenvalue weighted by molar-refractivity contribution is 1.24. The zero-order valence-electron chi connectivity index (χ0n) is 3.74. The summed E-state index contributed by atoms with van der Waals surface area (Å²) in [5.41, 5.74) is 5.40. The molecule has 0 aromatic rings. The largest absolute Gasteiger partial charge is 0.315 e. The first-order valence-corrected chi connectivity index (χ1v) is 2.93. The molecular formula is C4H6N2S. The first kappa shape index (κ1) is 4.87. The smallest absolute Gasteiger partial charge is 0.0908 e. The SMILES string of the molecule is NC1C=NC=CS1. The van der Waals surface area contributed by atoms with Gasteiger partial charge in [0.2, 0.25) is 0 Å². The summed E-state index contributed by atoms with van der Waals surface area (Å²) in [4.78, 5) is 3.81. The molecule has 2 nitrogen and oxygen atoms in total. The number of hydrogen-bond acceptors (Lipinski definition) is 3. The Labute approximate surface area is 46.5 Å². The quantitative estimate of drug-likeness (QED) is 0.499. The molecule has 1 rings (SSSR count). The van der Waals surface area contributed by atoms with Gasteiger partial charge in [-0.1, -0.05) is 0 Å². The van der Waals surface area contributed by atoms with Crippen LogP contribution in [0.4, 0.5) is 0 Å². The normalized spacial score (nSPS) is 28.4. The van der Waals surface area contributed by atoms with Crippen molar-refractivity contribution in [1.29, 1.82) is 0 Å². The van der Waals surface area contributed by atoms with E-state index in [1.54, 1.807) is 24.2 Å². The summed E-state index contributed by atoms with van der Waals surface area (Å²) in [7, 11) is 0. The van der Waals surface area contributed by atoms with Gasteiger partial charge in [0.1, 0.15) is 0 Å². The molecule has 1 heterocycles. The van der Waals surface area contributed by atoms with E-state index in [4.69, 9.17) is 5.73 Å². The highest BCUT2D eigenvalue weighted by molar-refractivity contribution is 8.03. The highest BCUT2D eigenvalue weighted by atomic mass is 32.2. The Balaban J connectivity index is 2.49. The van der Waals surface area contributed by atoms with Crippen LogP contribution in [0.3, 0.4) is 0 Å². The van der Waals surface area contributed by atoms with Crippen molar-refractivity contribution in [1.82, 2.24) is 0 Å². The molecule has 7 heavy (non-hydrogen) atoms. The molecule has 0 amide bonds. The van der Waals surface area contributed by atoms with Crippen molar-refractivity contribution in [3.63, 3.8) is 0 Å². The standard InChI is InChI=1S/C4H6N2S/c5-4-3-6-1-2-7-4/h1-4H,5H2. The van der Waals surface area contributed by atoms with Crippen LogP contribution in [-0.4, -0.2) is 11.6 Å². The van der Waals surface area contributed by atoms with Gasteiger partial charge in [-0.25, -0.2) is 0 Å². The monoisotopic (exact) mass is 114 g/mol. The Bertz CT molecular complexity index is 108. The number of thioether (sulfide) groups is 1. The molecule has 1 aliphatic heterocycles. The van der Waals surface area contributed by atoms with Crippen molar-refractivity contribution >= 4 is 18.0 Å². The van der Waals surface area contributed by atoms with Gasteiger partial charge in [0.25, 0.3) is 0 Å². The lowest BCUT2D eigenvalue weighted by atomic mass is 10.7. The minimum atomic E-state index is 0.0741. The van der Waals surface area contributed by atoms with Gasteiger partial charge in [0, 0.05) is 12.4 Å². The fourth-order valence-electron chi connectivity index (χ4n) is 0.331. The Morgan fingerprint density at radius 1 is 1.71 bits per heavy atom. The van der Waals surface area contributed by atoms with E-state index in [0.29, 0.717) is 0 Å². The van der Waals surface area contributed by atoms with Crippen molar-refractivity contribution in [3.8, 4) is 0 Å². The van der Waals surface area contributed by atoms with Crippen molar-refractivity contribution in [2.24, 2.45) is 10.7 Å². The first-order valence-electron chi connectivity index (χ1n) is 1.99. The van der Waals surface area contributed by atoms with E-state index in [-0.39, 0.29) is 5.37 Å². The Hall–Kier alpha value is -0.280. The number of nitrogens with zero attached hydrogens (tertiary/aromatic N) is 1. The Kier molecular flexibility index (Phi) is 1.49. The van der Waals surface area contributed by atoms with Crippen LogP contribution in [0.1, 0.15) is 0 Å². The summed E-state index contributed by atoms with van der Waals surface area (Å²) in [6.07, 6.45) is 3.44. The Morgan fingerprint density at radius 2 is 2.57 bits per heavy atom. The summed E-state index contributed by atoms with van der Waals surface area (Å²) < 4.78 is 0. The van der Waals surface area contributed by atoms with E-state index in [0.717, 1.165) is 0 Å². The second-order valence-corrected chi connectivity index (χ2v) is 2.27. The van der Waals surface area contributed by atoms with Gasteiger partial charge in [-0.2, -0.15) is 0 Å². The second-order valence-electron chi connectivity index (χ2n) is 1.18. The number of hydrogen-bond donors (Lipinski definition) is 1. The van der Waals surface area contributed by atoms with Gasteiger partial charge < -0.3 is 5.73 Å². The predicted molar refractivity (Wildman–Crippen MR) is 33.2 cm³/mol. The number of aliphatic imine (C=N–C) groups is 1. The average molecular weight is 114 g/mol. The van der Waals surface area contributed by atoms with Crippen molar-refractivity contribution in [2.45, 2.75) is 5.37 Å². The zero-order valence-corrected chi connectivity index (χ0v) is 4.56. The third-order valence-electron chi connectivity index (χ3n) is 0.616.